The van der Waals surface area contributed by atoms with Gasteiger partial charge in [-0.3, -0.25) is 4.79 Å². The number of fused-ring (bicyclic) bond motifs is 2. The molecule has 0 radical (unpaired) electrons. The molecule has 3 atom stereocenters. The van der Waals surface area contributed by atoms with E-state index < -0.39 is 11.7 Å². The van der Waals surface area contributed by atoms with Gasteiger partial charge in [-0.05, 0) is 56.7 Å². The van der Waals surface area contributed by atoms with Gasteiger partial charge in [-0.2, -0.15) is 0 Å². The number of aryl methyl sites for hydroxylation is 1. The number of aliphatic hydroxyl groups is 1. The number of piperidine rings is 1. The molecular weight excluding hydrogens is 394 g/mol. The Bertz CT molecular complexity index is 999. The predicted molar refractivity (Wildman–Crippen MR) is 119 cm³/mol. The van der Waals surface area contributed by atoms with Gasteiger partial charge in [-0.25, -0.2) is 4.79 Å². The Labute approximate surface area is 183 Å². The van der Waals surface area contributed by atoms with Crippen molar-refractivity contribution in [2.75, 3.05) is 13.1 Å². The number of carbonyl (C=O) groups is 1. The number of amides is 1. The van der Waals surface area contributed by atoms with Gasteiger partial charge in [0.25, 0.3) is 5.91 Å². The van der Waals surface area contributed by atoms with Crippen LogP contribution in [0.4, 0.5) is 0 Å². The lowest BCUT2D eigenvalue weighted by molar-refractivity contribution is -0.149. The van der Waals surface area contributed by atoms with Crippen LogP contribution in [0.5, 0.6) is 5.75 Å². The molecule has 31 heavy (non-hydrogen) atoms. The van der Waals surface area contributed by atoms with E-state index in [0.29, 0.717) is 30.8 Å². The molecule has 1 aliphatic carbocycles. The molecule has 2 aromatic rings. The third-order valence-corrected chi connectivity index (χ3v) is 7.00. The van der Waals surface area contributed by atoms with E-state index in [1.165, 1.54) is 0 Å². The average Bonchev–Trinajstić information content (AvgIpc) is 2.75. The summed E-state index contributed by atoms with van der Waals surface area (Å²) >= 11 is 0. The number of nitrogens with zero attached hydrogens (tertiary/aromatic N) is 1. The summed E-state index contributed by atoms with van der Waals surface area (Å²) in [4.78, 5) is 26.8. The highest BCUT2D eigenvalue weighted by molar-refractivity contribution is 5.83. The van der Waals surface area contributed by atoms with Crippen molar-refractivity contribution in [1.82, 2.24) is 4.90 Å². The predicted octanol–water partition coefficient (Wildman–Crippen LogP) is 4.06. The lowest BCUT2D eigenvalue weighted by Gasteiger charge is -2.47. The summed E-state index contributed by atoms with van der Waals surface area (Å²) in [7, 11) is 0. The van der Waals surface area contributed by atoms with Gasteiger partial charge in [0.2, 0.25) is 0 Å². The minimum absolute atomic E-state index is 0.0640. The molecule has 4 rings (SSSR count). The molecule has 1 saturated carbocycles. The standard InChI is InChI=1S/C25H33NO5/c1-3-4-7-18-14-23(27)31-22-15-20(9-10-21(18)22)30-17(2)24(28)26-13-12-25(29)11-6-5-8-19(25)16-26/h9-10,14-15,17,19,29H,3-8,11-13,16H2,1-2H3/t17-,19-,25+/m0/s1. The number of unbranched alkanes of at least 4 members (excludes halogenated alkanes) is 1. The molecule has 6 nitrogen and oxygen atoms in total. The number of benzene rings is 1. The van der Waals surface area contributed by atoms with Crippen LogP contribution in [-0.4, -0.2) is 40.7 Å². The fourth-order valence-electron chi connectivity index (χ4n) is 5.14. The van der Waals surface area contributed by atoms with Crippen molar-refractivity contribution >= 4 is 16.9 Å². The lowest BCUT2D eigenvalue weighted by atomic mass is 9.71. The summed E-state index contributed by atoms with van der Waals surface area (Å²) in [6, 6.07) is 7.00. The molecule has 0 unspecified atom stereocenters. The summed E-state index contributed by atoms with van der Waals surface area (Å²) in [5.74, 6) is 0.601. The molecule has 2 heterocycles. The molecular formula is C25H33NO5. The summed E-state index contributed by atoms with van der Waals surface area (Å²) in [6.07, 6.45) is 6.87. The highest BCUT2D eigenvalue weighted by atomic mass is 16.5. The second-order valence-electron chi connectivity index (χ2n) is 9.19. The zero-order valence-corrected chi connectivity index (χ0v) is 18.6. The van der Waals surface area contributed by atoms with E-state index in [2.05, 4.69) is 6.92 Å². The van der Waals surface area contributed by atoms with Crippen LogP contribution in [0.1, 0.15) is 64.4 Å². The van der Waals surface area contributed by atoms with E-state index in [-0.39, 0.29) is 17.5 Å². The van der Waals surface area contributed by atoms with Crippen LogP contribution in [0.25, 0.3) is 11.0 Å². The van der Waals surface area contributed by atoms with Crippen molar-refractivity contribution in [1.29, 1.82) is 0 Å². The van der Waals surface area contributed by atoms with Crippen molar-refractivity contribution in [2.45, 2.75) is 76.9 Å². The maximum Gasteiger partial charge on any atom is 0.336 e. The molecule has 2 aliphatic rings. The fourth-order valence-corrected chi connectivity index (χ4v) is 5.14. The first-order chi connectivity index (χ1) is 14.9. The first kappa shape index (κ1) is 21.9. The molecule has 0 bridgehead atoms. The van der Waals surface area contributed by atoms with Crippen molar-refractivity contribution in [2.24, 2.45) is 5.92 Å². The molecule has 6 heteroatoms. The number of ether oxygens (including phenoxy) is 1. The second-order valence-corrected chi connectivity index (χ2v) is 9.19. The van der Waals surface area contributed by atoms with Crippen LogP contribution in [-0.2, 0) is 11.2 Å². The van der Waals surface area contributed by atoms with Crippen LogP contribution in [0, 0.1) is 5.92 Å². The fraction of sp³-hybridized carbons (Fsp3) is 0.600. The van der Waals surface area contributed by atoms with Gasteiger partial charge in [0.1, 0.15) is 11.3 Å². The normalized spacial score (nSPS) is 24.6. The minimum Gasteiger partial charge on any atom is -0.481 e. The third kappa shape index (κ3) is 4.64. The maximum absolute atomic E-state index is 13.0. The molecule has 1 saturated heterocycles. The molecule has 168 valence electrons. The summed E-state index contributed by atoms with van der Waals surface area (Å²) in [5, 5.41) is 11.8. The largest absolute Gasteiger partial charge is 0.481 e. The van der Waals surface area contributed by atoms with Crippen LogP contribution < -0.4 is 10.4 Å². The van der Waals surface area contributed by atoms with Crippen LogP contribution in [0.2, 0.25) is 0 Å². The van der Waals surface area contributed by atoms with Crippen LogP contribution in [0.3, 0.4) is 0 Å². The Morgan fingerprint density at radius 1 is 1.32 bits per heavy atom. The van der Waals surface area contributed by atoms with Crippen LogP contribution in [0.15, 0.2) is 33.5 Å². The highest BCUT2D eigenvalue weighted by Crippen LogP contribution is 2.40. The SMILES string of the molecule is CCCCc1cc(=O)oc2cc(O[C@@H](C)C(=O)N3CC[C@]4(O)CCCC[C@H]4C3)ccc12. The van der Waals surface area contributed by atoms with E-state index in [1.54, 1.807) is 19.1 Å². The van der Waals surface area contributed by atoms with Gasteiger partial charge in [-0.1, -0.05) is 26.2 Å². The quantitative estimate of drug-likeness (QED) is 0.704. The molecule has 1 aromatic heterocycles. The molecule has 1 amide bonds. The highest BCUT2D eigenvalue weighted by Gasteiger charge is 2.44. The number of hydrogen-bond acceptors (Lipinski definition) is 5. The van der Waals surface area contributed by atoms with Crippen molar-refractivity contribution in [3.05, 3.63) is 40.2 Å². The average molecular weight is 428 g/mol. The summed E-state index contributed by atoms with van der Waals surface area (Å²) < 4.78 is 11.3. The van der Waals surface area contributed by atoms with Crippen molar-refractivity contribution < 1.29 is 19.1 Å². The Morgan fingerprint density at radius 2 is 2.16 bits per heavy atom. The number of rotatable bonds is 6. The van der Waals surface area contributed by atoms with Gasteiger partial charge >= 0.3 is 5.63 Å². The van der Waals surface area contributed by atoms with Gasteiger partial charge < -0.3 is 19.2 Å². The summed E-state index contributed by atoms with van der Waals surface area (Å²) in [6.45, 7) is 5.03. The Kier molecular flexibility index (Phi) is 6.37. The van der Waals surface area contributed by atoms with Crippen LogP contribution >= 0.6 is 0 Å². The van der Waals surface area contributed by atoms with Gasteiger partial charge in [0.05, 0.1) is 5.60 Å². The third-order valence-electron chi connectivity index (χ3n) is 7.00. The zero-order chi connectivity index (χ0) is 22.0. The Morgan fingerprint density at radius 3 is 2.97 bits per heavy atom. The van der Waals surface area contributed by atoms with Crippen molar-refractivity contribution in [3.63, 3.8) is 0 Å². The minimum atomic E-state index is -0.651. The van der Waals surface area contributed by atoms with E-state index in [4.69, 9.17) is 9.15 Å². The Hall–Kier alpha value is -2.34. The van der Waals surface area contributed by atoms with E-state index >= 15 is 0 Å². The van der Waals surface area contributed by atoms with Gasteiger partial charge in [-0.15, -0.1) is 0 Å². The maximum atomic E-state index is 13.0. The lowest BCUT2D eigenvalue weighted by Crippen LogP contribution is -2.56. The first-order valence-electron chi connectivity index (χ1n) is 11.6. The van der Waals surface area contributed by atoms with E-state index in [9.17, 15) is 14.7 Å². The molecule has 1 N–H and O–H groups in total. The monoisotopic (exact) mass is 427 g/mol. The van der Waals surface area contributed by atoms with Crippen molar-refractivity contribution in [3.8, 4) is 5.75 Å². The first-order valence-corrected chi connectivity index (χ1v) is 11.6. The van der Waals surface area contributed by atoms with Gasteiger partial charge in [0.15, 0.2) is 6.10 Å². The second kappa shape index (κ2) is 9.03. The molecule has 2 fully saturated rings. The summed E-state index contributed by atoms with van der Waals surface area (Å²) in [5.41, 5.74) is 0.496. The molecule has 0 spiro atoms. The number of likely N-dealkylation sites (tertiary alicyclic amines) is 1. The van der Waals surface area contributed by atoms with E-state index in [0.717, 1.165) is 55.9 Å². The number of carbonyl (C=O) groups excluding carboxylic acids is 1. The topological polar surface area (TPSA) is 80.0 Å². The van der Waals surface area contributed by atoms with E-state index in [1.807, 2.05) is 17.0 Å². The Balaban J connectivity index is 1.46. The zero-order valence-electron chi connectivity index (χ0n) is 18.6. The molecule has 1 aromatic carbocycles. The number of hydrogen-bond donors (Lipinski definition) is 1. The smallest absolute Gasteiger partial charge is 0.336 e. The van der Waals surface area contributed by atoms with Gasteiger partial charge in [0, 0.05) is 36.5 Å². The molecule has 1 aliphatic heterocycles.